The van der Waals surface area contributed by atoms with Gasteiger partial charge in [0.1, 0.15) is 12.6 Å². The summed E-state index contributed by atoms with van der Waals surface area (Å²) >= 11 is 0. The van der Waals surface area contributed by atoms with Crippen LogP contribution in [0.25, 0.3) is 11.1 Å². The molecule has 0 unspecified atom stereocenters. The van der Waals surface area contributed by atoms with Gasteiger partial charge in [-0.2, -0.15) is 5.26 Å². The molecule has 3 aromatic rings. The van der Waals surface area contributed by atoms with E-state index in [1.165, 1.54) is 0 Å². The summed E-state index contributed by atoms with van der Waals surface area (Å²) in [5.41, 5.74) is 6.43. The maximum absolute atomic E-state index is 12.5. The Hall–Kier alpha value is -4.11. The zero-order valence-corrected chi connectivity index (χ0v) is 17.5. The average Bonchev–Trinajstić information content (AvgIpc) is 3.11. The number of carboxylic acids is 1. The first kappa shape index (κ1) is 21.1. The maximum Gasteiger partial charge on any atom is 0.407 e. The van der Waals surface area contributed by atoms with Crippen LogP contribution in [0.1, 0.15) is 33.7 Å². The quantitative estimate of drug-likeness (QED) is 0.609. The van der Waals surface area contributed by atoms with E-state index in [4.69, 9.17) is 10.00 Å². The van der Waals surface area contributed by atoms with Gasteiger partial charge in [-0.1, -0.05) is 60.7 Å². The average molecular weight is 426 g/mol. The molecule has 0 spiro atoms. The van der Waals surface area contributed by atoms with Gasteiger partial charge in [-0.25, -0.2) is 9.59 Å². The van der Waals surface area contributed by atoms with Crippen LogP contribution in [-0.4, -0.2) is 29.8 Å². The van der Waals surface area contributed by atoms with Crippen molar-refractivity contribution < 1.29 is 19.4 Å². The molecule has 32 heavy (non-hydrogen) atoms. The summed E-state index contributed by atoms with van der Waals surface area (Å²) in [5.74, 6) is -1.25. The number of nitrogens with zero attached hydrogens (tertiary/aromatic N) is 1. The van der Waals surface area contributed by atoms with Crippen LogP contribution in [0.3, 0.4) is 0 Å². The zero-order chi connectivity index (χ0) is 22.7. The lowest BCUT2D eigenvalue weighted by atomic mass is 9.98. The molecular formula is C26H22N2O4. The Bertz CT molecular complexity index is 1180. The van der Waals surface area contributed by atoms with Crippen LogP contribution in [0.5, 0.6) is 0 Å². The normalized spacial score (nSPS) is 12.9. The molecule has 0 aromatic heterocycles. The molecular weight excluding hydrogens is 404 g/mol. The van der Waals surface area contributed by atoms with Gasteiger partial charge in [-0.15, -0.1) is 0 Å². The van der Waals surface area contributed by atoms with E-state index >= 15 is 0 Å². The van der Waals surface area contributed by atoms with E-state index in [1.54, 1.807) is 25.1 Å². The molecule has 0 aliphatic heterocycles. The summed E-state index contributed by atoms with van der Waals surface area (Å²) in [4.78, 5) is 24.2. The molecule has 2 N–H and O–H groups in total. The summed E-state index contributed by atoms with van der Waals surface area (Å²) in [6.45, 7) is 1.90. The van der Waals surface area contributed by atoms with Gasteiger partial charge in [-0.3, -0.25) is 0 Å². The van der Waals surface area contributed by atoms with E-state index in [0.717, 1.165) is 27.8 Å². The van der Waals surface area contributed by atoms with E-state index in [9.17, 15) is 14.7 Å². The first-order valence-corrected chi connectivity index (χ1v) is 10.3. The van der Waals surface area contributed by atoms with Crippen LogP contribution in [0.2, 0.25) is 0 Å². The van der Waals surface area contributed by atoms with Gasteiger partial charge < -0.3 is 15.2 Å². The molecule has 1 aliphatic carbocycles. The SMILES string of the molecule is Cc1cc(C[C@H](NC(=O)OCC2c3ccccc3-c3ccccc32)C(=O)O)ccc1C#N. The van der Waals surface area contributed by atoms with Crippen molar-refractivity contribution in [2.75, 3.05) is 6.61 Å². The minimum absolute atomic E-state index is 0.0894. The van der Waals surface area contributed by atoms with Gasteiger partial charge in [0.15, 0.2) is 0 Å². The van der Waals surface area contributed by atoms with Crippen LogP contribution in [0, 0.1) is 18.3 Å². The van der Waals surface area contributed by atoms with Crippen molar-refractivity contribution >= 4 is 12.1 Å². The molecule has 0 saturated carbocycles. The zero-order valence-electron chi connectivity index (χ0n) is 17.5. The second-order valence-electron chi connectivity index (χ2n) is 7.83. The Labute approximate surface area is 186 Å². The molecule has 0 radical (unpaired) electrons. The number of hydrogen-bond donors (Lipinski definition) is 2. The van der Waals surface area contributed by atoms with Gasteiger partial charge in [0.25, 0.3) is 0 Å². The summed E-state index contributed by atoms with van der Waals surface area (Å²) < 4.78 is 5.46. The summed E-state index contributed by atoms with van der Waals surface area (Å²) in [5, 5.41) is 21.1. The monoisotopic (exact) mass is 426 g/mol. The summed E-state index contributed by atoms with van der Waals surface area (Å²) in [6.07, 6.45) is -0.684. The third-order valence-corrected chi connectivity index (χ3v) is 5.78. The van der Waals surface area contributed by atoms with Gasteiger partial charge in [0.05, 0.1) is 11.6 Å². The molecule has 6 heteroatoms. The Kier molecular flexibility index (Phi) is 5.91. The number of benzene rings is 3. The molecule has 0 heterocycles. The lowest BCUT2D eigenvalue weighted by molar-refractivity contribution is -0.139. The Morgan fingerprint density at radius 2 is 1.69 bits per heavy atom. The molecule has 6 nitrogen and oxygen atoms in total. The van der Waals surface area contributed by atoms with E-state index < -0.39 is 18.1 Å². The number of carbonyl (C=O) groups is 2. The number of ether oxygens (including phenoxy) is 1. The van der Waals surface area contributed by atoms with Gasteiger partial charge in [0.2, 0.25) is 0 Å². The molecule has 1 amide bonds. The summed E-state index contributed by atoms with van der Waals surface area (Å²) in [7, 11) is 0. The molecule has 160 valence electrons. The van der Waals surface area contributed by atoms with Crippen molar-refractivity contribution in [1.29, 1.82) is 5.26 Å². The van der Waals surface area contributed by atoms with Crippen molar-refractivity contribution in [2.45, 2.75) is 25.3 Å². The van der Waals surface area contributed by atoms with Gasteiger partial charge in [-0.05, 0) is 46.4 Å². The van der Waals surface area contributed by atoms with Gasteiger partial charge in [0, 0.05) is 12.3 Å². The molecule has 1 atom stereocenters. The van der Waals surface area contributed by atoms with Crippen molar-refractivity contribution in [3.05, 3.63) is 94.5 Å². The number of amides is 1. The number of alkyl carbamates (subject to hydrolysis) is 1. The molecule has 4 rings (SSSR count). The van der Waals surface area contributed by atoms with E-state index in [2.05, 4.69) is 11.4 Å². The van der Waals surface area contributed by atoms with Crippen LogP contribution in [0.4, 0.5) is 4.79 Å². The van der Waals surface area contributed by atoms with E-state index in [-0.39, 0.29) is 18.9 Å². The van der Waals surface area contributed by atoms with Crippen LogP contribution in [0.15, 0.2) is 66.7 Å². The Morgan fingerprint density at radius 3 is 2.25 bits per heavy atom. The van der Waals surface area contributed by atoms with Crippen molar-refractivity contribution in [3.8, 4) is 17.2 Å². The third kappa shape index (κ3) is 4.19. The predicted molar refractivity (Wildman–Crippen MR) is 119 cm³/mol. The molecule has 1 aliphatic rings. The van der Waals surface area contributed by atoms with Crippen molar-refractivity contribution in [3.63, 3.8) is 0 Å². The topological polar surface area (TPSA) is 99.4 Å². The first-order chi connectivity index (χ1) is 15.5. The molecule has 3 aromatic carbocycles. The highest BCUT2D eigenvalue weighted by Gasteiger charge is 2.29. The van der Waals surface area contributed by atoms with Crippen LogP contribution >= 0.6 is 0 Å². The number of rotatable bonds is 6. The fourth-order valence-electron chi connectivity index (χ4n) is 4.20. The van der Waals surface area contributed by atoms with Crippen LogP contribution < -0.4 is 5.32 Å². The first-order valence-electron chi connectivity index (χ1n) is 10.3. The van der Waals surface area contributed by atoms with Crippen molar-refractivity contribution in [2.24, 2.45) is 0 Å². The smallest absolute Gasteiger partial charge is 0.407 e. The number of nitriles is 1. The number of fused-ring (bicyclic) bond motifs is 3. The summed E-state index contributed by atoms with van der Waals surface area (Å²) in [6, 6.07) is 22.1. The standard InChI is InChI=1S/C26H22N2O4/c1-16-12-17(10-11-18(16)14-27)13-24(25(29)30)28-26(31)32-15-23-21-8-4-2-6-19(21)20-7-3-5-9-22(20)23/h2-12,23-24H,13,15H2,1H3,(H,28,31)(H,29,30)/t24-/m0/s1. The molecule has 0 bridgehead atoms. The van der Waals surface area contributed by atoms with Gasteiger partial charge >= 0.3 is 12.1 Å². The minimum atomic E-state index is -1.15. The highest BCUT2D eigenvalue weighted by molar-refractivity contribution is 5.81. The molecule has 0 fully saturated rings. The fraction of sp³-hybridized carbons (Fsp3) is 0.192. The minimum Gasteiger partial charge on any atom is -0.480 e. The third-order valence-electron chi connectivity index (χ3n) is 5.78. The highest BCUT2D eigenvalue weighted by atomic mass is 16.5. The number of aliphatic carboxylic acids is 1. The number of carbonyl (C=O) groups excluding carboxylic acids is 1. The maximum atomic E-state index is 12.5. The second-order valence-corrected chi connectivity index (χ2v) is 7.83. The lowest BCUT2D eigenvalue weighted by Gasteiger charge is -2.18. The van der Waals surface area contributed by atoms with Crippen LogP contribution in [-0.2, 0) is 16.0 Å². The predicted octanol–water partition coefficient (Wildman–Crippen LogP) is 4.40. The van der Waals surface area contributed by atoms with E-state index in [0.29, 0.717) is 11.1 Å². The number of aryl methyl sites for hydroxylation is 1. The number of carboxylic acid groups (broad SMARTS) is 1. The Morgan fingerprint density at radius 1 is 1.06 bits per heavy atom. The molecule has 0 saturated heterocycles. The fourth-order valence-corrected chi connectivity index (χ4v) is 4.20. The Balaban J connectivity index is 1.43. The highest BCUT2D eigenvalue weighted by Crippen LogP contribution is 2.44. The lowest BCUT2D eigenvalue weighted by Crippen LogP contribution is -2.42. The number of hydrogen-bond acceptors (Lipinski definition) is 4. The largest absolute Gasteiger partial charge is 0.480 e. The number of nitrogens with one attached hydrogen (secondary N) is 1. The van der Waals surface area contributed by atoms with Crippen molar-refractivity contribution in [1.82, 2.24) is 5.32 Å². The second kappa shape index (κ2) is 8.94. The van der Waals surface area contributed by atoms with E-state index in [1.807, 2.05) is 48.5 Å².